The van der Waals surface area contributed by atoms with Crippen LogP contribution in [0.25, 0.3) is 10.9 Å². The summed E-state index contributed by atoms with van der Waals surface area (Å²) in [4.78, 5) is 15.6. The van der Waals surface area contributed by atoms with E-state index in [0.717, 1.165) is 10.9 Å². The molecule has 25 heavy (non-hydrogen) atoms. The summed E-state index contributed by atoms with van der Waals surface area (Å²) in [5, 5.41) is 10.9. The lowest BCUT2D eigenvalue weighted by atomic mass is 9.83. The SMILES string of the molecule is N#CC1=C(N)Oc2c(c(=O)[nH]c3ccccc23)[C@H]1c1ccc(Cl)cc1. The Labute approximate surface area is 147 Å². The van der Waals surface area contributed by atoms with Crippen LogP contribution >= 0.6 is 11.6 Å². The number of nitrogens with zero attached hydrogens (tertiary/aromatic N) is 1. The molecule has 1 atom stereocenters. The van der Waals surface area contributed by atoms with Crippen molar-refractivity contribution in [3.63, 3.8) is 0 Å². The van der Waals surface area contributed by atoms with Gasteiger partial charge in [0.25, 0.3) is 5.56 Å². The average molecular weight is 350 g/mol. The van der Waals surface area contributed by atoms with E-state index >= 15 is 0 Å². The van der Waals surface area contributed by atoms with E-state index in [9.17, 15) is 10.1 Å². The predicted octanol–water partition coefficient (Wildman–Crippen LogP) is 3.40. The molecule has 1 aromatic heterocycles. The summed E-state index contributed by atoms with van der Waals surface area (Å²) < 4.78 is 5.69. The Hall–Kier alpha value is -3.23. The first-order valence-electron chi connectivity index (χ1n) is 7.58. The van der Waals surface area contributed by atoms with Gasteiger partial charge >= 0.3 is 0 Å². The second kappa shape index (κ2) is 5.69. The monoisotopic (exact) mass is 349 g/mol. The number of nitrogens with one attached hydrogen (secondary N) is 1. The molecule has 0 amide bonds. The Kier molecular flexibility index (Phi) is 3.48. The van der Waals surface area contributed by atoms with Gasteiger partial charge < -0.3 is 15.5 Å². The molecule has 0 saturated carbocycles. The molecule has 6 heteroatoms. The van der Waals surface area contributed by atoms with Crippen LogP contribution in [0.4, 0.5) is 0 Å². The number of para-hydroxylation sites is 1. The first-order valence-corrected chi connectivity index (χ1v) is 7.96. The molecular formula is C19H12ClN3O2. The zero-order valence-electron chi connectivity index (χ0n) is 12.9. The van der Waals surface area contributed by atoms with Gasteiger partial charge in [-0.2, -0.15) is 5.26 Å². The third-order valence-electron chi connectivity index (χ3n) is 4.29. The lowest BCUT2D eigenvalue weighted by molar-refractivity contribution is 0.397. The maximum atomic E-state index is 12.8. The van der Waals surface area contributed by atoms with Crippen LogP contribution in [0.15, 0.2) is 64.8 Å². The molecule has 0 fully saturated rings. The van der Waals surface area contributed by atoms with Crippen molar-refractivity contribution >= 4 is 22.5 Å². The van der Waals surface area contributed by atoms with Gasteiger partial charge in [0.05, 0.1) is 17.0 Å². The highest BCUT2D eigenvalue weighted by molar-refractivity contribution is 6.30. The van der Waals surface area contributed by atoms with Crippen molar-refractivity contribution in [2.45, 2.75) is 5.92 Å². The molecular weight excluding hydrogens is 338 g/mol. The number of allylic oxidation sites excluding steroid dienone is 1. The van der Waals surface area contributed by atoms with Gasteiger partial charge in [0.2, 0.25) is 5.88 Å². The number of hydrogen-bond donors (Lipinski definition) is 2. The summed E-state index contributed by atoms with van der Waals surface area (Å²) >= 11 is 5.96. The molecule has 3 aromatic rings. The van der Waals surface area contributed by atoms with Crippen LogP contribution in [0, 0.1) is 11.3 Å². The maximum Gasteiger partial charge on any atom is 0.256 e. The Balaban J connectivity index is 2.08. The van der Waals surface area contributed by atoms with Crippen LogP contribution in [-0.2, 0) is 0 Å². The summed E-state index contributed by atoms with van der Waals surface area (Å²) in [6, 6.07) is 16.4. The Morgan fingerprint density at radius 1 is 1.16 bits per heavy atom. The highest BCUT2D eigenvalue weighted by Crippen LogP contribution is 2.42. The number of fused-ring (bicyclic) bond motifs is 3. The Morgan fingerprint density at radius 2 is 1.88 bits per heavy atom. The molecule has 0 bridgehead atoms. The summed E-state index contributed by atoms with van der Waals surface area (Å²) in [5.41, 5.74) is 7.65. The van der Waals surface area contributed by atoms with E-state index in [1.54, 1.807) is 30.3 Å². The van der Waals surface area contributed by atoms with Crippen LogP contribution in [0.1, 0.15) is 17.0 Å². The topological polar surface area (TPSA) is 91.9 Å². The predicted molar refractivity (Wildman–Crippen MR) is 95.3 cm³/mol. The second-order valence-corrected chi connectivity index (χ2v) is 6.16. The summed E-state index contributed by atoms with van der Waals surface area (Å²) in [6.45, 7) is 0. The van der Waals surface area contributed by atoms with Crippen molar-refractivity contribution < 1.29 is 4.74 Å². The zero-order chi connectivity index (χ0) is 17.6. The fourth-order valence-electron chi connectivity index (χ4n) is 3.16. The van der Waals surface area contributed by atoms with E-state index in [4.69, 9.17) is 22.1 Å². The van der Waals surface area contributed by atoms with Gasteiger partial charge in [0, 0.05) is 10.4 Å². The summed E-state index contributed by atoms with van der Waals surface area (Å²) in [7, 11) is 0. The highest BCUT2D eigenvalue weighted by atomic mass is 35.5. The molecule has 5 nitrogen and oxygen atoms in total. The molecule has 2 heterocycles. The van der Waals surface area contributed by atoms with Crippen LogP contribution < -0.4 is 16.0 Å². The first-order chi connectivity index (χ1) is 12.1. The van der Waals surface area contributed by atoms with Gasteiger partial charge in [-0.15, -0.1) is 0 Å². The normalized spacial score (nSPS) is 16.2. The van der Waals surface area contributed by atoms with Gasteiger partial charge in [0.1, 0.15) is 17.4 Å². The highest BCUT2D eigenvalue weighted by Gasteiger charge is 2.34. The van der Waals surface area contributed by atoms with Crippen molar-refractivity contribution in [2.24, 2.45) is 5.73 Å². The number of aromatic nitrogens is 1. The van der Waals surface area contributed by atoms with E-state index in [1.165, 1.54) is 0 Å². The molecule has 0 saturated heterocycles. The number of aromatic amines is 1. The Morgan fingerprint density at radius 3 is 2.60 bits per heavy atom. The molecule has 122 valence electrons. The lowest BCUT2D eigenvalue weighted by Gasteiger charge is -2.26. The number of nitrogens with two attached hydrogens (primary N) is 1. The number of pyridine rings is 1. The molecule has 1 aliphatic rings. The minimum atomic E-state index is -0.612. The van der Waals surface area contributed by atoms with Gasteiger partial charge in [0.15, 0.2) is 0 Å². The van der Waals surface area contributed by atoms with E-state index in [1.807, 2.05) is 18.2 Å². The van der Waals surface area contributed by atoms with Gasteiger partial charge in [-0.05, 0) is 29.8 Å². The van der Waals surface area contributed by atoms with Crippen molar-refractivity contribution in [3.8, 4) is 11.8 Å². The third kappa shape index (κ3) is 2.35. The van der Waals surface area contributed by atoms with Crippen molar-refractivity contribution in [2.75, 3.05) is 0 Å². The van der Waals surface area contributed by atoms with E-state index < -0.39 is 5.92 Å². The number of benzene rings is 2. The lowest BCUT2D eigenvalue weighted by Crippen LogP contribution is -2.27. The number of hydrogen-bond acceptors (Lipinski definition) is 4. The zero-order valence-corrected chi connectivity index (χ0v) is 13.7. The minimum Gasteiger partial charge on any atom is -0.439 e. The third-order valence-corrected chi connectivity index (χ3v) is 4.54. The van der Waals surface area contributed by atoms with Gasteiger partial charge in [-0.1, -0.05) is 35.9 Å². The molecule has 2 aromatic carbocycles. The van der Waals surface area contributed by atoms with Crippen molar-refractivity contribution in [3.05, 3.63) is 86.5 Å². The van der Waals surface area contributed by atoms with Gasteiger partial charge in [-0.3, -0.25) is 4.79 Å². The van der Waals surface area contributed by atoms with E-state index in [-0.39, 0.29) is 17.0 Å². The number of halogens is 1. The molecule has 1 aliphatic heterocycles. The molecule has 0 aliphatic carbocycles. The summed E-state index contributed by atoms with van der Waals surface area (Å²) in [5.74, 6) is -0.221. The molecule has 4 rings (SSSR count). The smallest absolute Gasteiger partial charge is 0.256 e. The van der Waals surface area contributed by atoms with Crippen molar-refractivity contribution in [1.29, 1.82) is 5.26 Å². The largest absolute Gasteiger partial charge is 0.439 e. The fourth-order valence-corrected chi connectivity index (χ4v) is 3.29. The number of nitriles is 1. The average Bonchev–Trinajstić information content (AvgIpc) is 2.61. The van der Waals surface area contributed by atoms with Crippen LogP contribution in [-0.4, -0.2) is 4.98 Å². The minimum absolute atomic E-state index is 0.00528. The Bertz CT molecular complexity index is 1120. The van der Waals surface area contributed by atoms with Gasteiger partial charge in [-0.25, -0.2) is 0 Å². The quantitative estimate of drug-likeness (QED) is 0.704. The molecule has 0 unspecified atom stereocenters. The van der Waals surface area contributed by atoms with Crippen molar-refractivity contribution in [1.82, 2.24) is 4.98 Å². The van der Waals surface area contributed by atoms with Crippen LogP contribution in [0.2, 0.25) is 5.02 Å². The van der Waals surface area contributed by atoms with E-state index in [2.05, 4.69) is 11.1 Å². The number of ether oxygens (including phenoxy) is 1. The van der Waals surface area contributed by atoms with Crippen LogP contribution in [0.3, 0.4) is 0 Å². The van der Waals surface area contributed by atoms with E-state index in [0.29, 0.717) is 21.9 Å². The summed E-state index contributed by atoms with van der Waals surface area (Å²) in [6.07, 6.45) is 0. The number of H-pyrrole nitrogens is 1. The molecule has 0 spiro atoms. The maximum absolute atomic E-state index is 12.8. The number of rotatable bonds is 1. The van der Waals surface area contributed by atoms with Crippen LogP contribution in [0.5, 0.6) is 5.75 Å². The first kappa shape index (κ1) is 15.3. The molecule has 3 N–H and O–H groups in total. The second-order valence-electron chi connectivity index (χ2n) is 5.72. The fraction of sp³-hybridized carbons (Fsp3) is 0.0526. The standard InChI is InChI=1S/C19H12ClN3O2/c20-11-7-5-10(6-8-11)15-13(9-21)18(22)25-17-12-3-1-2-4-14(12)23-19(24)16(15)17/h1-8,15H,22H2,(H,23,24)/t15-/m0/s1. The molecule has 0 radical (unpaired) electrons.